The van der Waals surface area contributed by atoms with Gasteiger partial charge in [0.25, 0.3) is 0 Å². The van der Waals surface area contributed by atoms with Crippen molar-refractivity contribution >= 4 is 35.5 Å². The number of carbonyl (C=O) groups is 6. The Hall–Kier alpha value is -4.34. The Balaban J connectivity index is 1.98. The largest absolute Gasteiger partial charge is 0.480 e. The van der Waals surface area contributed by atoms with E-state index < -0.39 is 71.8 Å². The molecule has 2 aliphatic rings. The van der Waals surface area contributed by atoms with E-state index in [4.69, 9.17) is 17.2 Å². The number of nitrogens with one attached hydrogen (secondary N) is 4. The maximum absolute atomic E-state index is 14.5. The topological polar surface area (TPSA) is 252 Å². The number of nitrogens with two attached hydrogens (primary N) is 3. The number of benzene rings is 1. The van der Waals surface area contributed by atoms with Gasteiger partial charge in [-0.15, -0.1) is 0 Å². The molecule has 6 atom stereocenters. The highest BCUT2D eigenvalue weighted by Crippen LogP contribution is 2.25. The molecule has 0 saturated heterocycles. The van der Waals surface area contributed by atoms with Crippen molar-refractivity contribution in [3.05, 3.63) is 47.5 Å². The molecule has 2 aliphatic heterocycles. The molecule has 282 valence electrons. The van der Waals surface area contributed by atoms with Crippen molar-refractivity contribution in [2.45, 2.75) is 121 Å². The van der Waals surface area contributed by atoms with Gasteiger partial charge in [-0.25, -0.2) is 4.79 Å². The first kappa shape index (κ1) is 41.1. The molecule has 1 aromatic rings. The first-order valence-electron chi connectivity index (χ1n) is 18.0. The number of fused-ring (bicyclic) bond motifs is 1. The number of amides is 5. The average molecular weight is 713 g/mol. The number of rotatable bonds is 14. The predicted octanol–water partition coefficient (Wildman–Crippen LogP) is -0.0549. The number of nitrogens with zero attached hydrogens (tertiary/aromatic N) is 1. The molecular formula is C36H56N8O7. The lowest BCUT2D eigenvalue weighted by molar-refractivity contribution is -0.147. The van der Waals surface area contributed by atoms with Crippen molar-refractivity contribution in [3.8, 4) is 0 Å². The van der Waals surface area contributed by atoms with Crippen LogP contribution in [-0.4, -0.2) is 94.9 Å². The summed E-state index contributed by atoms with van der Waals surface area (Å²) in [6.45, 7) is 4.55. The minimum Gasteiger partial charge on any atom is -0.480 e. The van der Waals surface area contributed by atoms with Gasteiger partial charge in [-0.2, -0.15) is 0 Å². The van der Waals surface area contributed by atoms with Crippen LogP contribution < -0.4 is 38.5 Å². The molecule has 15 nitrogen and oxygen atoms in total. The zero-order valence-electron chi connectivity index (χ0n) is 29.8. The Morgan fingerprint density at radius 3 is 2.02 bits per heavy atom. The summed E-state index contributed by atoms with van der Waals surface area (Å²) in [5.41, 5.74) is 19.2. The highest BCUT2D eigenvalue weighted by atomic mass is 16.4. The SMILES string of the molecule is CC(C)C[C@H](NC(=O)[C@H]1Cc2ccccc2CN1C(=O)[C@@H]1CC=CC[C@H](N)C(=O)N[C@@H](CCCCN)C(=O)N[C@@H](CCCCN)C(=O)N1)C(=O)O. The van der Waals surface area contributed by atoms with Crippen LogP contribution in [0.25, 0.3) is 0 Å². The van der Waals surface area contributed by atoms with Crippen LogP contribution in [0.3, 0.4) is 0 Å². The Kier molecular flexibility index (Phi) is 16.5. The van der Waals surface area contributed by atoms with Gasteiger partial charge in [-0.1, -0.05) is 50.3 Å². The molecule has 0 fully saturated rings. The number of carbonyl (C=O) groups excluding carboxylic acids is 5. The summed E-state index contributed by atoms with van der Waals surface area (Å²) in [5.74, 6) is -4.05. The van der Waals surface area contributed by atoms with Crippen molar-refractivity contribution in [3.63, 3.8) is 0 Å². The number of hydrogen-bond acceptors (Lipinski definition) is 9. The van der Waals surface area contributed by atoms with Crippen molar-refractivity contribution < 1.29 is 33.9 Å². The normalized spacial score (nSPS) is 23.7. The number of aliphatic carboxylic acids is 1. The quantitative estimate of drug-likeness (QED) is 0.0943. The lowest BCUT2D eigenvalue weighted by atomic mass is 9.92. The van der Waals surface area contributed by atoms with Gasteiger partial charge in [0.2, 0.25) is 29.5 Å². The third-order valence-electron chi connectivity index (χ3n) is 9.20. The molecule has 5 amide bonds. The smallest absolute Gasteiger partial charge is 0.326 e. The van der Waals surface area contributed by atoms with E-state index in [0.717, 1.165) is 11.1 Å². The second-order valence-corrected chi connectivity index (χ2v) is 13.8. The molecule has 2 heterocycles. The zero-order valence-corrected chi connectivity index (χ0v) is 29.8. The Morgan fingerprint density at radius 1 is 0.863 bits per heavy atom. The van der Waals surface area contributed by atoms with Crippen LogP contribution in [0, 0.1) is 5.92 Å². The molecule has 0 radical (unpaired) electrons. The van der Waals surface area contributed by atoms with E-state index in [1.807, 2.05) is 38.1 Å². The van der Waals surface area contributed by atoms with Crippen LogP contribution >= 0.6 is 0 Å². The Morgan fingerprint density at radius 2 is 1.43 bits per heavy atom. The average Bonchev–Trinajstić information content (AvgIpc) is 3.09. The number of unbranched alkanes of at least 4 members (excludes halogenated alkanes) is 2. The van der Waals surface area contributed by atoms with E-state index in [2.05, 4.69) is 21.3 Å². The summed E-state index contributed by atoms with van der Waals surface area (Å²) < 4.78 is 0. The van der Waals surface area contributed by atoms with Crippen LogP contribution in [0.2, 0.25) is 0 Å². The fourth-order valence-corrected chi connectivity index (χ4v) is 6.30. The minimum absolute atomic E-state index is 0.00167. The van der Waals surface area contributed by atoms with E-state index >= 15 is 0 Å². The second-order valence-electron chi connectivity index (χ2n) is 13.8. The van der Waals surface area contributed by atoms with Gasteiger partial charge in [-0.05, 0) is 87.9 Å². The van der Waals surface area contributed by atoms with Gasteiger partial charge >= 0.3 is 5.97 Å². The molecule has 0 aliphatic carbocycles. The van der Waals surface area contributed by atoms with Crippen molar-refractivity contribution in [1.82, 2.24) is 26.2 Å². The van der Waals surface area contributed by atoms with Gasteiger partial charge in [0.05, 0.1) is 6.04 Å². The summed E-state index contributed by atoms with van der Waals surface area (Å²) >= 11 is 0. The lowest BCUT2D eigenvalue weighted by Gasteiger charge is -2.38. The molecule has 0 saturated carbocycles. The summed E-state index contributed by atoms with van der Waals surface area (Å²) in [6.07, 6.45) is 6.55. The van der Waals surface area contributed by atoms with Crippen molar-refractivity contribution in [2.24, 2.45) is 23.1 Å². The van der Waals surface area contributed by atoms with Crippen LogP contribution in [0.15, 0.2) is 36.4 Å². The zero-order chi connectivity index (χ0) is 37.5. The minimum atomic E-state index is -1.18. The summed E-state index contributed by atoms with van der Waals surface area (Å²) in [6, 6.07) is 1.03. The van der Waals surface area contributed by atoms with E-state index in [1.54, 1.807) is 12.2 Å². The van der Waals surface area contributed by atoms with Crippen LogP contribution in [0.5, 0.6) is 0 Å². The number of carboxylic acid groups (broad SMARTS) is 1. The molecular weight excluding hydrogens is 656 g/mol. The first-order valence-corrected chi connectivity index (χ1v) is 18.0. The van der Waals surface area contributed by atoms with Gasteiger partial charge in [0.15, 0.2) is 0 Å². The van der Waals surface area contributed by atoms with Crippen molar-refractivity contribution in [1.29, 1.82) is 0 Å². The third kappa shape index (κ3) is 12.4. The predicted molar refractivity (Wildman–Crippen MR) is 191 cm³/mol. The lowest BCUT2D eigenvalue weighted by Crippen LogP contribution is -2.61. The van der Waals surface area contributed by atoms with Crippen LogP contribution in [-0.2, 0) is 41.7 Å². The molecule has 0 bridgehead atoms. The molecule has 0 aromatic heterocycles. The maximum Gasteiger partial charge on any atom is 0.326 e. The van der Waals surface area contributed by atoms with E-state index in [9.17, 15) is 33.9 Å². The van der Waals surface area contributed by atoms with E-state index in [0.29, 0.717) is 38.8 Å². The summed E-state index contributed by atoms with van der Waals surface area (Å²) in [5, 5.41) is 20.8. The first-order chi connectivity index (χ1) is 24.4. The molecule has 0 spiro atoms. The fourth-order valence-electron chi connectivity index (χ4n) is 6.30. The van der Waals surface area contributed by atoms with Gasteiger partial charge in [0.1, 0.15) is 30.2 Å². The number of carboxylic acids is 1. The highest BCUT2D eigenvalue weighted by molar-refractivity contribution is 5.96. The summed E-state index contributed by atoms with van der Waals surface area (Å²) in [7, 11) is 0. The molecule has 3 rings (SSSR count). The highest BCUT2D eigenvalue weighted by Gasteiger charge is 2.40. The van der Waals surface area contributed by atoms with E-state index in [1.165, 1.54) is 4.90 Å². The second kappa shape index (κ2) is 20.5. The molecule has 0 unspecified atom stereocenters. The monoisotopic (exact) mass is 712 g/mol. The molecule has 15 heteroatoms. The molecule has 51 heavy (non-hydrogen) atoms. The Labute approximate surface area is 299 Å². The summed E-state index contributed by atoms with van der Waals surface area (Å²) in [4.78, 5) is 82.1. The third-order valence-corrected chi connectivity index (χ3v) is 9.20. The standard InChI is InChI=1S/C36H56N8O7/c1-22(2)19-29(36(50)51)43-34(48)30-20-23-11-3-4-12-24(23)21-44(30)35(49)28-16-6-5-13-25(39)31(45)40-26(14-7-9-17-37)32(46)41-27(33(47)42-28)15-8-10-18-38/h3-6,11-12,22,25-30H,7-10,13-21,37-39H2,1-2H3,(H,40,45)(H,41,46)(H,42,47)(H,43,48)(H,50,51)/t25-,26-,27-,28-,29-,30+/m0/s1. The van der Waals surface area contributed by atoms with Gasteiger partial charge < -0.3 is 48.5 Å². The Bertz CT molecular complexity index is 1400. The van der Waals surface area contributed by atoms with Crippen molar-refractivity contribution in [2.75, 3.05) is 13.1 Å². The van der Waals surface area contributed by atoms with Crippen LogP contribution in [0.1, 0.15) is 82.8 Å². The molecule has 1 aromatic carbocycles. The van der Waals surface area contributed by atoms with Crippen LogP contribution in [0.4, 0.5) is 0 Å². The maximum atomic E-state index is 14.5. The fraction of sp³-hybridized carbons (Fsp3) is 0.611. The van der Waals surface area contributed by atoms with Gasteiger partial charge in [-0.3, -0.25) is 24.0 Å². The van der Waals surface area contributed by atoms with E-state index in [-0.39, 0.29) is 51.0 Å². The van der Waals surface area contributed by atoms with Gasteiger partial charge in [0, 0.05) is 13.0 Å². The molecule has 11 N–H and O–H groups in total. The number of hydrogen-bond donors (Lipinski definition) is 8.